The summed E-state index contributed by atoms with van der Waals surface area (Å²) in [5, 5.41) is 3.32. The number of amides is 1. The van der Waals surface area contributed by atoms with E-state index < -0.39 is 0 Å². The highest BCUT2D eigenvalue weighted by Gasteiger charge is 2.34. The Morgan fingerprint density at radius 2 is 2.06 bits per heavy atom. The van der Waals surface area contributed by atoms with Crippen molar-refractivity contribution in [3.05, 3.63) is 0 Å². The molecular formula is C12H25N3O. The van der Waals surface area contributed by atoms with Crippen LogP contribution >= 0.6 is 0 Å². The molecule has 0 aromatic rings. The molecule has 0 bridgehead atoms. The summed E-state index contributed by atoms with van der Waals surface area (Å²) >= 11 is 0. The van der Waals surface area contributed by atoms with Crippen molar-refractivity contribution in [2.75, 3.05) is 27.2 Å². The zero-order valence-electron chi connectivity index (χ0n) is 11.2. The molecule has 1 heterocycles. The number of carbonyl (C=O) groups excluding carboxylic acids is 1. The molecule has 1 amide bonds. The summed E-state index contributed by atoms with van der Waals surface area (Å²) in [6, 6.07) is 0.712. The van der Waals surface area contributed by atoms with Crippen LogP contribution in [0.1, 0.15) is 27.2 Å². The average molecular weight is 227 g/mol. The number of hydrogen-bond donors (Lipinski definition) is 1. The van der Waals surface area contributed by atoms with Gasteiger partial charge in [0, 0.05) is 25.2 Å². The fourth-order valence-corrected chi connectivity index (χ4v) is 2.32. The molecule has 16 heavy (non-hydrogen) atoms. The predicted molar refractivity (Wildman–Crippen MR) is 66.4 cm³/mol. The van der Waals surface area contributed by atoms with Crippen LogP contribution in [-0.2, 0) is 4.79 Å². The summed E-state index contributed by atoms with van der Waals surface area (Å²) in [5.74, 6) is 0.267. The normalized spacial score (nSPS) is 23.6. The molecule has 0 aliphatic carbocycles. The Kier molecular flexibility index (Phi) is 4.74. The summed E-state index contributed by atoms with van der Waals surface area (Å²) in [6.07, 6.45) is 0.939. The van der Waals surface area contributed by atoms with Gasteiger partial charge in [-0.25, -0.2) is 0 Å². The Balaban J connectivity index is 2.50. The van der Waals surface area contributed by atoms with Crippen LogP contribution in [0.25, 0.3) is 0 Å². The Morgan fingerprint density at radius 3 is 2.56 bits per heavy atom. The second kappa shape index (κ2) is 5.64. The van der Waals surface area contributed by atoms with Gasteiger partial charge in [0.2, 0.25) is 5.91 Å². The lowest BCUT2D eigenvalue weighted by Gasteiger charge is -2.27. The Bertz CT molecular complexity index is 240. The summed E-state index contributed by atoms with van der Waals surface area (Å²) < 4.78 is 0. The smallest absolute Gasteiger partial charge is 0.240 e. The Labute approximate surface area is 99.0 Å². The molecule has 4 heteroatoms. The number of carbonyl (C=O) groups is 1. The van der Waals surface area contributed by atoms with Crippen LogP contribution in [0.4, 0.5) is 0 Å². The monoisotopic (exact) mass is 227 g/mol. The second-order valence-corrected chi connectivity index (χ2v) is 5.31. The van der Waals surface area contributed by atoms with Crippen LogP contribution in [-0.4, -0.2) is 61.0 Å². The maximum absolute atomic E-state index is 12.1. The first-order valence-corrected chi connectivity index (χ1v) is 6.13. The van der Waals surface area contributed by atoms with E-state index in [4.69, 9.17) is 0 Å². The molecule has 1 aliphatic rings. The molecule has 0 aromatic carbocycles. The van der Waals surface area contributed by atoms with Crippen LogP contribution in [0.15, 0.2) is 0 Å². The fourth-order valence-electron chi connectivity index (χ4n) is 2.32. The molecule has 94 valence electrons. The van der Waals surface area contributed by atoms with Gasteiger partial charge >= 0.3 is 0 Å². The number of nitrogens with zero attached hydrogens (tertiary/aromatic N) is 2. The minimum atomic E-state index is 0.0320. The average Bonchev–Trinajstić information content (AvgIpc) is 2.46. The lowest BCUT2D eigenvalue weighted by molar-refractivity contribution is -0.131. The molecule has 2 unspecified atom stereocenters. The molecule has 1 fully saturated rings. The van der Waals surface area contributed by atoms with Crippen LogP contribution in [0.3, 0.4) is 0 Å². The van der Waals surface area contributed by atoms with Crippen molar-refractivity contribution in [1.29, 1.82) is 0 Å². The third-order valence-electron chi connectivity index (χ3n) is 2.94. The van der Waals surface area contributed by atoms with Gasteiger partial charge in [0.15, 0.2) is 0 Å². The van der Waals surface area contributed by atoms with Gasteiger partial charge in [0.1, 0.15) is 0 Å². The van der Waals surface area contributed by atoms with Gasteiger partial charge in [0.05, 0.1) is 6.04 Å². The van der Waals surface area contributed by atoms with Gasteiger partial charge in [0.25, 0.3) is 0 Å². The fraction of sp³-hybridized carbons (Fsp3) is 0.917. The molecule has 0 spiro atoms. The van der Waals surface area contributed by atoms with E-state index in [0.29, 0.717) is 12.1 Å². The lowest BCUT2D eigenvalue weighted by Crippen LogP contribution is -2.46. The van der Waals surface area contributed by atoms with Gasteiger partial charge in [-0.05, 0) is 27.4 Å². The number of rotatable bonds is 5. The highest BCUT2D eigenvalue weighted by atomic mass is 16.2. The third kappa shape index (κ3) is 3.46. The van der Waals surface area contributed by atoms with E-state index in [1.54, 1.807) is 0 Å². The van der Waals surface area contributed by atoms with Crippen LogP contribution in [0.2, 0.25) is 0 Å². The summed E-state index contributed by atoms with van der Waals surface area (Å²) in [4.78, 5) is 16.2. The number of nitrogens with one attached hydrogen (secondary N) is 1. The van der Waals surface area contributed by atoms with Crippen molar-refractivity contribution >= 4 is 5.91 Å². The first-order valence-electron chi connectivity index (χ1n) is 6.13. The zero-order valence-corrected chi connectivity index (χ0v) is 11.2. The largest absolute Gasteiger partial charge is 0.337 e. The second-order valence-electron chi connectivity index (χ2n) is 5.31. The van der Waals surface area contributed by atoms with Crippen molar-refractivity contribution in [3.63, 3.8) is 0 Å². The SMILES string of the molecule is CC(C)NC1CCN(C(C)CN(C)C)C1=O. The zero-order chi connectivity index (χ0) is 12.3. The number of likely N-dealkylation sites (tertiary alicyclic amines) is 1. The molecule has 0 saturated carbocycles. The van der Waals surface area contributed by atoms with Crippen molar-refractivity contribution in [2.45, 2.75) is 45.3 Å². The first kappa shape index (κ1) is 13.5. The molecule has 1 aliphatic heterocycles. The molecule has 0 aromatic heterocycles. The maximum Gasteiger partial charge on any atom is 0.240 e. The van der Waals surface area contributed by atoms with Crippen molar-refractivity contribution in [2.24, 2.45) is 0 Å². The van der Waals surface area contributed by atoms with Gasteiger partial charge in [-0.2, -0.15) is 0 Å². The van der Waals surface area contributed by atoms with E-state index in [0.717, 1.165) is 19.5 Å². The third-order valence-corrected chi connectivity index (χ3v) is 2.94. The van der Waals surface area contributed by atoms with E-state index in [1.165, 1.54) is 0 Å². The standard InChI is InChI=1S/C12H25N3O/c1-9(2)13-11-6-7-15(12(11)16)10(3)8-14(4)5/h9-11,13H,6-8H2,1-5H3. The van der Waals surface area contributed by atoms with E-state index in [2.05, 4.69) is 31.0 Å². The number of likely N-dealkylation sites (N-methyl/N-ethyl adjacent to an activating group) is 1. The molecule has 1 N–H and O–H groups in total. The summed E-state index contributed by atoms with van der Waals surface area (Å²) in [6.45, 7) is 8.10. The van der Waals surface area contributed by atoms with Crippen LogP contribution in [0.5, 0.6) is 0 Å². The quantitative estimate of drug-likeness (QED) is 0.744. The van der Waals surface area contributed by atoms with E-state index in [1.807, 2.05) is 19.0 Å². The minimum Gasteiger partial charge on any atom is -0.337 e. The highest BCUT2D eigenvalue weighted by molar-refractivity contribution is 5.84. The summed E-state index contributed by atoms with van der Waals surface area (Å²) in [7, 11) is 4.09. The van der Waals surface area contributed by atoms with Crippen LogP contribution in [0, 0.1) is 0 Å². The van der Waals surface area contributed by atoms with Gasteiger partial charge in [-0.15, -0.1) is 0 Å². The Hall–Kier alpha value is -0.610. The van der Waals surface area contributed by atoms with Crippen LogP contribution < -0.4 is 5.32 Å². The molecule has 0 radical (unpaired) electrons. The van der Waals surface area contributed by atoms with Gasteiger partial charge in [-0.3, -0.25) is 4.79 Å². The topological polar surface area (TPSA) is 35.6 Å². The molecular weight excluding hydrogens is 202 g/mol. The van der Waals surface area contributed by atoms with Gasteiger partial charge < -0.3 is 15.1 Å². The molecule has 4 nitrogen and oxygen atoms in total. The predicted octanol–water partition coefficient (Wildman–Crippen LogP) is 0.535. The molecule has 2 atom stereocenters. The lowest BCUT2D eigenvalue weighted by atomic mass is 10.2. The minimum absolute atomic E-state index is 0.0320. The summed E-state index contributed by atoms with van der Waals surface area (Å²) in [5.41, 5.74) is 0. The number of hydrogen-bond acceptors (Lipinski definition) is 3. The van der Waals surface area contributed by atoms with E-state index in [9.17, 15) is 4.79 Å². The van der Waals surface area contributed by atoms with Crippen molar-refractivity contribution < 1.29 is 4.79 Å². The highest BCUT2D eigenvalue weighted by Crippen LogP contribution is 2.15. The Morgan fingerprint density at radius 1 is 1.44 bits per heavy atom. The molecule has 1 saturated heterocycles. The van der Waals surface area contributed by atoms with Crippen molar-refractivity contribution in [3.8, 4) is 0 Å². The van der Waals surface area contributed by atoms with Crippen molar-refractivity contribution in [1.82, 2.24) is 15.1 Å². The van der Waals surface area contributed by atoms with E-state index >= 15 is 0 Å². The van der Waals surface area contributed by atoms with E-state index in [-0.39, 0.29) is 11.9 Å². The molecule has 1 rings (SSSR count). The first-order chi connectivity index (χ1) is 7.41. The van der Waals surface area contributed by atoms with Gasteiger partial charge in [-0.1, -0.05) is 13.8 Å². The maximum atomic E-state index is 12.1.